The molecular formula is C63H41NO2. The Balaban J connectivity index is 0.945. The third-order valence-corrected chi connectivity index (χ3v) is 14.4. The molecule has 14 rings (SSSR count). The molecule has 1 aliphatic heterocycles. The van der Waals surface area contributed by atoms with Gasteiger partial charge in [0.05, 0.1) is 5.41 Å². The zero-order valence-electron chi connectivity index (χ0n) is 36.0. The Morgan fingerprint density at radius 1 is 0.424 bits per heavy atom. The van der Waals surface area contributed by atoms with Crippen LogP contribution in [0.5, 0.6) is 11.5 Å². The van der Waals surface area contributed by atoms with Gasteiger partial charge in [0.15, 0.2) is 0 Å². The molecule has 0 N–H and O–H groups in total. The third kappa shape index (κ3) is 5.31. The van der Waals surface area contributed by atoms with Crippen LogP contribution >= 0.6 is 0 Å². The Morgan fingerprint density at radius 2 is 1.08 bits per heavy atom. The zero-order valence-corrected chi connectivity index (χ0v) is 36.0. The Kier molecular flexibility index (Phi) is 8.02. The first-order valence-corrected chi connectivity index (χ1v) is 23.0. The summed E-state index contributed by atoms with van der Waals surface area (Å²) < 4.78 is 13.7. The first-order valence-electron chi connectivity index (χ1n) is 23.0. The number of ether oxygens (including phenoxy) is 1. The fourth-order valence-corrected chi connectivity index (χ4v) is 11.5. The van der Waals surface area contributed by atoms with Crippen LogP contribution in [0, 0.1) is 0 Å². The number of para-hydroxylation sites is 1. The maximum atomic E-state index is 7.24. The van der Waals surface area contributed by atoms with Crippen molar-refractivity contribution in [3.63, 3.8) is 0 Å². The van der Waals surface area contributed by atoms with Crippen molar-refractivity contribution in [2.24, 2.45) is 0 Å². The summed E-state index contributed by atoms with van der Waals surface area (Å²) in [4.78, 5) is 2.33. The number of anilines is 3. The second-order valence-electron chi connectivity index (χ2n) is 17.8. The summed E-state index contributed by atoms with van der Waals surface area (Å²) in [6.45, 7) is 0. The summed E-state index contributed by atoms with van der Waals surface area (Å²) in [6.07, 6.45) is 6.64. The van der Waals surface area contributed by atoms with Gasteiger partial charge in [-0.25, -0.2) is 0 Å². The fraction of sp³-hybridized carbons (Fsp3) is 0.0476. The fourth-order valence-electron chi connectivity index (χ4n) is 11.5. The van der Waals surface area contributed by atoms with Crippen LogP contribution in [0.25, 0.3) is 72.2 Å². The highest BCUT2D eigenvalue weighted by Crippen LogP contribution is 2.65. The van der Waals surface area contributed by atoms with Gasteiger partial charge in [0.1, 0.15) is 22.7 Å². The first kappa shape index (κ1) is 37.0. The van der Waals surface area contributed by atoms with Crippen LogP contribution in [0.4, 0.5) is 17.1 Å². The molecule has 2 heterocycles. The predicted molar refractivity (Wildman–Crippen MR) is 272 cm³/mol. The second-order valence-corrected chi connectivity index (χ2v) is 17.8. The molecule has 2 aliphatic carbocycles. The van der Waals surface area contributed by atoms with E-state index in [-0.39, 0.29) is 0 Å². The van der Waals surface area contributed by atoms with E-state index in [1.54, 1.807) is 0 Å². The van der Waals surface area contributed by atoms with Crippen molar-refractivity contribution in [1.82, 2.24) is 0 Å². The van der Waals surface area contributed by atoms with Crippen molar-refractivity contribution in [2.45, 2.75) is 18.3 Å². The molecule has 1 spiro atoms. The highest BCUT2D eigenvalue weighted by Gasteiger charge is 2.52. The lowest BCUT2D eigenvalue weighted by molar-refractivity contribution is 0.439. The van der Waals surface area contributed by atoms with E-state index in [2.05, 4.69) is 217 Å². The standard InChI is InChI=1S/C63H41NO2/c1-2-13-40(14-3-1)41-25-31-45(32-26-41)64(47-35-36-52-51-19-9-11-24-58(51)65-59(52)39-47)46-33-27-44(28-34-46)48-21-12-23-55-60(48)53-20-8-10-22-54(53)63(55)56-37-29-42-15-4-6-17-49(42)61(56)66-62-50-18-7-5-16-43(50)30-38-57(62)63/h1-4,6-15,17-39H,5,16H2. The molecule has 0 saturated carbocycles. The monoisotopic (exact) mass is 843 g/mol. The predicted octanol–water partition coefficient (Wildman–Crippen LogP) is 17.0. The molecule has 0 fully saturated rings. The SMILES string of the molecule is C1=Cc2c(ccc3c2Oc2c(ccc4ccccc24)C32c3ccccc3-c3c(-c4ccc(N(c5ccc(-c6ccccc6)cc5)c5ccc6c(c5)oc5ccccc56)cc4)cccc32)CC1. The Labute approximate surface area is 383 Å². The van der Waals surface area contributed by atoms with Crippen LogP contribution < -0.4 is 9.64 Å². The number of hydrogen-bond acceptors (Lipinski definition) is 3. The van der Waals surface area contributed by atoms with Crippen LogP contribution in [0.1, 0.15) is 39.8 Å². The Bertz CT molecular complexity index is 3790. The highest BCUT2D eigenvalue weighted by atomic mass is 16.5. The van der Waals surface area contributed by atoms with Crippen molar-refractivity contribution in [1.29, 1.82) is 0 Å². The highest BCUT2D eigenvalue weighted by molar-refractivity contribution is 6.06. The quantitative estimate of drug-likeness (QED) is 0.173. The molecule has 3 heteroatoms. The molecule has 1 atom stereocenters. The summed E-state index contributed by atoms with van der Waals surface area (Å²) >= 11 is 0. The summed E-state index contributed by atoms with van der Waals surface area (Å²) in [7, 11) is 0. The average Bonchev–Trinajstić information content (AvgIpc) is 3.91. The average molecular weight is 844 g/mol. The van der Waals surface area contributed by atoms with E-state index in [0.29, 0.717) is 0 Å². The topological polar surface area (TPSA) is 25.6 Å². The Hall–Kier alpha value is -8.40. The minimum absolute atomic E-state index is 0.590. The normalized spacial score (nSPS) is 15.3. The van der Waals surface area contributed by atoms with Gasteiger partial charge in [-0.15, -0.1) is 0 Å². The molecule has 0 amide bonds. The Morgan fingerprint density at radius 3 is 1.94 bits per heavy atom. The van der Waals surface area contributed by atoms with E-state index in [4.69, 9.17) is 9.15 Å². The van der Waals surface area contributed by atoms with Crippen molar-refractivity contribution < 1.29 is 9.15 Å². The van der Waals surface area contributed by atoms with Gasteiger partial charge in [0.25, 0.3) is 0 Å². The molecule has 3 aliphatic rings. The van der Waals surface area contributed by atoms with Gasteiger partial charge < -0.3 is 14.1 Å². The van der Waals surface area contributed by atoms with Crippen LogP contribution in [0.3, 0.4) is 0 Å². The number of hydrogen-bond donors (Lipinski definition) is 0. The number of furan rings is 1. The summed E-state index contributed by atoms with van der Waals surface area (Å²) in [5.74, 6) is 1.92. The molecule has 1 aromatic heterocycles. The largest absolute Gasteiger partial charge is 0.456 e. The van der Waals surface area contributed by atoms with E-state index < -0.39 is 5.41 Å². The lowest BCUT2D eigenvalue weighted by Crippen LogP contribution is -2.32. The van der Waals surface area contributed by atoms with E-state index in [1.807, 2.05) is 12.1 Å². The van der Waals surface area contributed by atoms with Gasteiger partial charge in [-0.3, -0.25) is 0 Å². The number of fused-ring (bicyclic) bond motifs is 16. The molecule has 11 aromatic rings. The van der Waals surface area contributed by atoms with Crippen molar-refractivity contribution in [3.8, 4) is 44.9 Å². The summed E-state index contributed by atoms with van der Waals surface area (Å²) in [5.41, 5.74) is 19.1. The van der Waals surface area contributed by atoms with Crippen molar-refractivity contribution >= 4 is 55.8 Å². The minimum Gasteiger partial charge on any atom is -0.456 e. The number of allylic oxidation sites excluding steroid dienone is 1. The number of benzene rings is 10. The smallest absolute Gasteiger partial charge is 0.140 e. The van der Waals surface area contributed by atoms with Crippen LogP contribution in [0.2, 0.25) is 0 Å². The van der Waals surface area contributed by atoms with Gasteiger partial charge in [-0.1, -0.05) is 176 Å². The molecule has 310 valence electrons. The third-order valence-electron chi connectivity index (χ3n) is 14.4. The summed E-state index contributed by atoms with van der Waals surface area (Å²) in [6, 6.07) is 77.4. The number of rotatable bonds is 5. The van der Waals surface area contributed by atoms with E-state index in [1.165, 1.54) is 66.6 Å². The molecule has 66 heavy (non-hydrogen) atoms. The molecule has 1 unspecified atom stereocenters. The van der Waals surface area contributed by atoms with Gasteiger partial charge >= 0.3 is 0 Å². The summed E-state index contributed by atoms with van der Waals surface area (Å²) in [5, 5.41) is 4.54. The van der Waals surface area contributed by atoms with E-state index in [9.17, 15) is 0 Å². The first-order chi connectivity index (χ1) is 32.7. The van der Waals surface area contributed by atoms with Gasteiger partial charge in [-0.05, 0) is 111 Å². The number of aryl methyl sites for hydroxylation is 1. The lowest BCUT2D eigenvalue weighted by atomic mass is 9.65. The van der Waals surface area contributed by atoms with E-state index >= 15 is 0 Å². The maximum absolute atomic E-state index is 7.24. The van der Waals surface area contributed by atoms with Crippen LogP contribution in [-0.4, -0.2) is 0 Å². The van der Waals surface area contributed by atoms with Crippen molar-refractivity contribution in [2.75, 3.05) is 4.90 Å². The minimum atomic E-state index is -0.590. The molecule has 0 radical (unpaired) electrons. The van der Waals surface area contributed by atoms with Gasteiger partial charge in [-0.2, -0.15) is 0 Å². The van der Waals surface area contributed by atoms with Crippen LogP contribution in [0.15, 0.2) is 223 Å². The molecule has 0 saturated heterocycles. The molecule has 10 aromatic carbocycles. The molecule has 0 bridgehead atoms. The zero-order chi connectivity index (χ0) is 43.3. The lowest BCUT2D eigenvalue weighted by Gasteiger charge is -2.41. The van der Waals surface area contributed by atoms with Gasteiger partial charge in [0.2, 0.25) is 0 Å². The maximum Gasteiger partial charge on any atom is 0.140 e. The second kappa shape index (κ2) is 14.3. The van der Waals surface area contributed by atoms with Crippen molar-refractivity contribution in [3.05, 3.63) is 252 Å². The van der Waals surface area contributed by atoms with Gasteiger partial charge in [0, 0.05) is 56.0 Å². The number of nitrogens with zero attached hydrogens (tertiary/aromatic N) is 1. The van der Waals surface area contributed by atoms with E-state index in [0.717, 1.165) is 74.3 Å². The molecular weight excluding hydrogens is 803 g/mol. The molecule has 3 nitrogen and oxygen atoms in total. The van der Waals surface area contributed by atoms with Crippen LogP contribution in [-0.2, 0) is 11.8 Å².